The molecule has 3 aromatic rings. The number of ether oxygens (including phenoxy) is 4. The SMILES string of the molecule is CC(=O)Oc1ccc(O)cc1.COC(=O)c1c(C)c2c(c(C)c1O)OC(=O)c1c(C)c(Cl)c(O)c(Cl)c1O2. The van der Waals surface area contributed by atoms with Crippen LogP contribution in [-0.4, -0.2) is 40.3 Å². The Morgan fingerprint density at radius 2 is 1.39 bits per heavy atom. The molecule has 0 fully saturated rings. The molecule has 0 atom stereocenters. The fourth-order valence-corrected chi connectivity index (χ4v) is 4.03. The van der Waals surface area contributed by atoms with E-state index in [9.17, 15) is 24.6 Å². The van der Waals surface area contributed by atoms with Crippen LogP contribution >= 0.6 is 23.2 Å². The van der Waals surface area contributed by atoms with Crippen molar-refractivity contribution in [2.24, 2.45) is 0 Å². The normalized spacial score (nSPS) is 11.5. The molecule has 1 aliphatic rings. The predicted octanol–water partition coefficient (Wildman–Crippen LogP) is 5.76. The maximum atomic E-state index is 12.7. The fraction of sp³-hybridized carbons (Fsp3) is 0.192. The van der Waals surface area contributed by atoms with Crippen LogP contribution in [0, 0.1) is 20.8 Å². The summed E-state index contributed by atoms with van der Waals surface area (Å²) in [4.78, 5) is 35.2. The second-order valence-corrected chi connectivity index (χ2v) is 8.76. The number of hydrogen-bond acceptors (Lipinski definition) is 10. The first-order chi connectivity index (χ1) is 17.8. The Hall–Kier alpha value is -4.15. The lowest BCUT2D eigenvalue weighted by Crippen LogP contribution is -2.11. The maximum absolute atomic E-state index is 12.7. The van der Waals surface area contributed by atoms with Crippen molar-refractivity contribution in [3.05, 3.63) is 62.1 Å². The Morgan fingerprint density at radius 1 is 0.816 bits per heavy atom. The van der Waals surface area contributed by atoms with Crippen LogP contribution in [0.2, 0.25) is 10.0 Å². The number of phenolic OH excluding ortho intramolecular Hbond substituents is 3. The quantitative estimate of drug-likeness (QED) is 0.259. The molecule has 0 radical (unpaired) electrons. The van der Waals surface area contributed by atoms with Crippen LogP contribution in [0.15, 0.2) is 24.3 Å². The fourth-order valence-electron chi connectivity index (χ4n) is 3.56. The molecule has 1 aliphatic heterocycles. The molecule has 38 heavy (non-hydrogen) atoms. The van der Waals surface area contributed by atoms with Gasteiger partial charge in [0.1, 0.15) is 33.4 Å². The van der Waals surface area contributed by atoms with Crippen molar-refractivity contribution in [1.82, 2.24) is 0 Å². The molecule has 3 N–H and O–H groups in total. The van der Waals surface area contributed by atoms with Crippen molar-refractivity contribution >= 4 is 41.1 Å². The summed E-state index contributed by atoms with van der Waals surface area (Å²) in [5, 5.41) is 29.0. The highest BCUT2D eigenvalue weighted by molar-refractivity contribution is 6.39. The Bertz CT molecular complexity index is 1460. The minimum atomic E-state index is -0.835. The molecule has 0 amide bonds. The zero-order valence-electron chi connectivity index (χ0n) is 20.8. The second-order valence-electron chi connectivity index (χ2n) is 8.01. The smallest absolute Gasteiger partial charge is 0.347 e. The van der Waals surface area contributed by atoms with Gasteiger partial charge in [0.05, 0.1) is 12.1 Å². The molecule has 0 unspecified atom stereocenters. The third-order valence-electron chi connectivity index (χ3n) is 5.49. The van der Waals surface area contributed by atoms with Gasteiger partial charge in [-0.2, -0.15) is 0 Å². The molecule has 1 heterocycles. The number of fused-ring (bicyclic) bond motifs is 2. The molecule has 200 valence electrons. The number of benzene rings is 3. The molecule has 3 aromatic carbocycles. The first kappa shape index (κ1) is 28.4. The van der Waals surface area contributed by atoms with Crippen molar-refractivity contribution in [1.29, 1.82) is 0 Å². The number of methoxy groups -OCH3 is 1. The molecule has 12 heteroatoms. The first-order valence-electron chi connectivity index (χ1n) is 10.8. The average molecular weight is 565 g/mol. The van der Waals surface area contributed by atoms with Crippen molar-refractivity contribution in [3.8, 4) is 40.2 Å². The molecule has 0 aliphatic carbocycles. The highest BCUT2D eigenvalue weighted by atomic mass is 35.5. The molecule has 0 saturated carbocycles. The zero-order chi connectivity index (χ0) is 28.5. The molecular formula is C26H22Cl2O10. The van der Waals surface area contributed by atoms with Gasteiger partial charge in [0.25, 0.3) is 0 Å². The number of aromatic hydroxyl groups is 3. The average Bonchev–Trinajstić information content (AvgIpc) is 3.03. The summed E-state index contributed by atoms with van der Waals surface area (Å²) in [6.07, 6.45) is 0. The molecule has 10 nitrogen and oxygen atoms in total. The van der Waals surface area contributed by atoms with Crippen LogP contribution in [0.3, 0.4) is 0 Å². The predicted molar refractivity (Wildman–Crippen MR) is 136 cm³/mol. The number of esters is 3. The topological polar surface area (TPSA) is 149 Å². The van der Waals surface area contributed by atoms with E-state index in [1.54, 1.807) is 0 Å². The molecule has 0 spiro atoms. The second kappa shape index (κ2) is 11.1. The summed E-state index contributed by atoms with van der Waals surface area (Å²) in [6.45, 7) is 5.76. The summed E-state index contributed by atoms with van der Waals surface area (Å²) in [5.41, 5.74) is 0.264. The lowest BCUT2D eigenvalue weighted by Gasteiger charge is -2.17. The molecule has 4 rings (SSSR count). The maximum Gasteiger partial charge on any atom is 0.347 e. The first-order valence-corrected chi connectivity index (χ1v) is 11.6. The van der Waals surface area contributed by atoms with Gasteiger partial charge in [0.2, 0.25) is 0 Å². The highest BCUT2D eigenvalue weighted by Crippen LogP contribution is 2.52. The Labute approximate surface area is 226 Å². The van der Waals surface area contributed by atoms with Gasteiger partial charge in [-0.1, -0.05) is 23.2 Å². The summed E-state index contributed by atoms with van der Waals surface area (Å²) in [6, 6.07) is 5.96. The Morgan fingerprint density at radius 3 is 1.95 bits per heavy atom. The number of halogens is 2. The number of phenols is 3. The van der Waals surface area contributed by atoms with Gasteiger partial charge >= 0.3 is 17.9 Å². The van der Waals surface area contributed by atoms with Crippen molar-refractivity contribution in [2.75, 3.05) is 7.11 Å². The van der Waals surface area contributed by atoms with E-state index in [1.165, 1.54) is 59.1 Å². The number of hydrogen-bond donors (Lipinski definition) is 3. The van der Waals surface area contributed by atoms with Gasteiger partial charge in [0.15, 0.2) is 23.0 Å². The monoisotopic (exact) mass is 564 g/mol. The lowest BCUT2D eigenvalue weighted by molar-refractivity contribution is -0.131. The van der Waals surface area contributed by atoms with Crippen LogP contribution in [0.5, 0.6) is 40.2 Å². The summed E-state index contributed by atoms with van der Waals surface area (Å²) in [5.74, 6) is -2.51. The molecular weight excluding hydrogens is 543 g/mol. The Kier molecular flexibility index (Phi) is 8.28. The largest absolute Gasteiger partial charge is 0.508 e. The summed E-state index contributed by atoms with van der Waals surface area (Å²) >= 11 is 12.2. The van der Waals surface area contributed by atoms with Crippen LogP contribution in [0.1, 0.15) is 44.3 Å². The van der Waals surface area contributed by atoms with Gasteiger partial charge in [-0.25, -0.2) is 9.59 Å². The molecule has 0 bridgehead atoms. The van der Waals surface area contributed by atoms with Crippen LogP contribution in [-0.2, 0) is 9.53 Å². The van der Waals surface area contributed by atoms with E-state index >= 15 is 0 Å². The summed E-state index contributed by atoms with van der Waals surface area (Å²) in [7, 11) is 1.17. The standard InChI is InChI=1S/C18H14Cl2O7.C8H8O3/c1-5-9-16(11(20)13(22)10(5)19)26-14-6(2)8(17(23)25-4)12(21)7(3)15(14)27-18(9)24;1-6(9)11-8-4-2-7(10)3-5-8/h21-22H,1-4H3;2-5,10H,1H3. The third-order valence-corrected chi connectivity index (χ3v) is 6.30. The van der Waals surface area contributed by atoms with E-state index in [-0.39, 0.29) is 66.8 Å². The third kappa shape index (κ3) is 5.27. The van der Waals surface area contributed by atoms with Gasteiger partial charge in [-0.3, -0.25) is 4.79 Å². The minimum Gasteiger partial charge on any atom is -0.508 e. The van der Waals surface area contributed by atoms with Gasteiger partial charge in [-0.15, -0.1) is 0 Å². The molecule has 0 saturated heterocycles. The van der Waals surface area contributed by atoms with Crippen molar-refractivity contribution < 1.29 is 48.7 Å². The van der Waals surface area contributed by atoms with Gasteiger partial charge in [-0.05, 0) is 50.6 Å². The highest BCUT2D eigenvalue weighted by Gasteiger charge is 2.35. The van der Waals surface area contributed by atoms with E-state index in [4.69, 9.17) is 47.3 Å². The molecule has 0 aromatic heterocycles. The van der Waals surface area contributed by atoms with Crippen LogP contribution < -0.4 is 14.2 Å². The van der Waals surface area contributed by atoms with Crippen molar-refractivity contribution in [2.45, 2.75) is 27.7 Å². The van der Waals surface area contributed by atoms with Gasteiger partial charge < -0.3 is 34.3 Å². The lowest BCUT2D eigenvalue weighted by atomic mass is 10.0. The number of carbonyl (C=O) groups is 3. The van der Waals surface area contributed by atoms with Crippen LogP contribution in [0.4, 0.5) is 0 Å². The summed E-state index contributed by atoms with van der Waals surface area (Å²) < 4.78 is 20.6. The van der Waals surface area contributed by atoms with E-state index in [0.29, 0.717) is 5.75 Å². The van der Waals surface area contributed by atoms with Crippen molar-refractivity contribution in [3.63, 3.8) is 0 Å². The van der Waals surface area contributed by atoms with E-state index < -0.39 is 23.4 Å². The number of rotatable bonds is 2. The van der Waals surface area contributed by atoms with E-state index in [0.717, 1.165) is 0 Å². The zero-order valence-corrected chi connectivity index (χ0v) is 22.3. The number of carbonyl (C=O) groups excluding carboxylic acids is 3. The van der Waals surface area contributed by atoms with E-state index in [2.05, 4.69) is 0 Å². The Balaban J connectivity index is 0.000000304. The minimum absolute atomic E-state index is 0.0131. The van der Waals surface area contributed by atoms with E-state index in [1.807, 2.05) is 0 Å². The van der Waals surface area contributed by atoms with Gasteiger partial charge in [0, 0.05) is 18.1 Å². The van der Waals surface area contributed by atoms with Crippen LogP contribution in [0.25, 0.3) is 0 Å².